The maximum Gasteiger partial charge on any atom is 0.235 e. The Morgan fingerprint density at radius 3 is 1.21 bits per heavy atom. The molecule has 0 aliphatic heterocycles. The Balaban J connectivity index is 4.11. The van der Waals surface area contributed by atoms with Gasteiger partial charge in [0.25, 0.3) is 0 Å². The van der Waals surface area contributed by atoms with Crippen LogP contribution in [-0.2, 0) is 4.79 Å². The Hall–Kier alpha value is -2.18. The van der Waals surface area contributed by atoms with Crippen molar-refractivity contribution in [2.24, 2.45) is 4.99 Å². The zero-order chi connectivity index (χ0) is 24.9. The summed E-state index contributed by atoms with van der Waals surface area (Å²) in [6, 6.07) is 0. The maximum atomic E-state index is 10.1. The van der Waals surface area contributed by atoms with Crippen LogP contribution in [0.2, 0.25) is 0 Å². The molecule has 2 nitrogen and oxygen atoms in total. The Bertz CT molecular complexity index is 776. The Labute approximate surface area is 205 Å². The van der Waals surface area contributed by atoms with Crippen molar-refractivity contribution in [1.29, 1.82) is 0 Å². The van der Waals surface area contributed by atoms with E-state index in [1.165, 1.54) is 40.7 Å². The number of aliphatic imine (C=N–C) groups is 1. The van der Waals surface area contributed by atoms with Gasteiger partial charge in [-0.2, -0.15) is 0 Å². The average molecular weight is 452 g/mol. The van der Waals surface area contributed by atoms with Crippen molar-refractivity contribution in [2.75, 3.05) is 6.54 Å². The van der Waals surface area contributed by atoms with Gasteiger partial charge in [-0.3, -0.25) is 0 Å². The van der Waals surface area contributed by atoms with E-state index in [4.69, 9.17) is 0 Å². The van der Waals surface area contributed by atoms with Gasteiger partial charge in [0.15, 0.2) is 0 Å². The minimum Gasteiger partial charge on any atom is -0.211 e. The second-order valence-electron chi connectivity index (χ2n) is 9.67. The molecule has 0 aromatic heterocycles. The van der Waals surface area contributed by atoms with Crippen molar-refractivity contribution < 1.29 is 4.79 Å². The standard InChI is InChI=1S/C31H49NO/c1-26(2)14-10-17-29(5)20-11-18-27(3)15-8-9-16-28(4)19-12-21-30(6)22-13-23-31(7)24-32-25-33/h14-16,20-21,23H,8-13,17-19,22,24H2,1-7H3/b27-15+,28-16+,29-20+,30-21+,31-23?. The monoisotopic (exact) mass is 451 g/mol. The molecule has 0 saturated carbocycles. The van der Waals surface area contributed by atoms with Gasteiger partial charge < -0.3 is 0 Å². The molecule has 0 rings (SSSR count). The third kappa shape index (κ3) is 21.4. The highest BCUT2D eigenvalue weighted by Gasteiger charge is 1.94. The highest BCUT2D eigenvalue weighted by Crippen LogP contribution is 2.14. The molecule has 0 heterocycles. The van der Waals surface area contributed by atoms with Crippen LogP contribution in [0.1, 0.15) is 113 Å². The summed E-state index contributed by atoms with van der Waals surface area (Å²) in [5, 5.41) is 0. The molecule has 0 amide bonds. The highest BCUT2D eigenvalue weighted by atomic mass is 16.1. The van der Waals surface area contributed by atoms with Crippen LogP contribution in [0.15, 0.2) is 74.9 Å². The molecule has 0 aromatic rings. The van der Waals surface area contributed by atoms with Gasteiger partial charge in [0, 0.05) is 0 Å². The fourth-order valence-electron chi connectivity index (χ4n) is 3.52. The second kappa shape index (κ2) is 20.4. The zero-order valence-electron chi connectivity index (χ0n) is 22.6. The minimum absolute atomic E-state index is 0.471. The summed E-state index contributed by atoms with van der Waals surface area (Å²) in [4.78, 5) is 13.7. The van der Waals surface area contributed by atoms with Crippen molar-refractivity contribution in [3.8, 4) is 0 Å². The molecule has 0 aromatic carbocycles. The third-order valence-corrected chi connectivity index (χ3v) is 5.73. The van der Waals surface area contributed by atoms with E-state index in [-0.39, 0.29) is 0 Å². The molecule has 0 aliphatic rings. The molecule has 0 aliphatic carbocycles. The molecule has 0 unspecified atom stereocenters. The highest BCUT2D eigenvalue weighted by molar-refractivity contribution is 5.33. The molecule has 0 atom stereocenters. The predicted octanol–water partition coefficient (Wildman–Crippen LogP) is 9.92. The first-order valence-electron chi connectivity index (χ1n) is 12.7. The van der Waals surface area contributed by atoms with Gasteiger partial charge in [0.05, 0.1) is 6.54 Å². The molecule has 184 valence electrons. The van der Waals surface area contributed by atoms with Gasteiger partial charge in [0.2, 0.25) is 6.08 Å². The van der Waals surface area contributed by atoms with Crippen molar-refractivity contribution in [1.82, 2.24) is 0 Å². The zero-order valence-corrected chi connectivity index (χ0v) is 22.6. The summed E-state index contributed by atoms with van der Waals surface area (Å²) in [5.41, 5.74) is 8.49. The van der Waals surface area contributed by atoms with Crippen molar-refractivity contribution in [3.05, 3.63) is 69.9 Å². The predicted molar refractivity (Wildman–Crippen MR) is 147 cm³/mol. The van der Waals surface area contributed by atoms with Gasteiger partial charge in [-0.15, -0.1) is 0 Å². The van der Waals surface area contributed by atoms with Gasteiger partial charge in [-0.05, 0) is 113 Å². The normalized spacial score (nSPS) is 13.7. The SMILES string of the molecule is CC(C)=CCC/C(C)=C/CC/C(C)=C/CC/C=C(\C)CC/C=C(\C)CCC=C(C)CN=C=O. The topological polar surface area (TPSA) is 29.4 Å². The van der Waals surface area contributed by atoms with Gasteiger partial charge in [-0.1, -0.05) is 69.9 Å². The number of nitrogens with zero attached hydrogens (tertiary/aromatic N) is 1. The molecule has 0 N–H and O–H groups in total. The van der Waals surface area contributed by atoms with Crippen LogP contribution < -0.4 is 0 Å². The molecule has 33 heavy (non-hydrogen) atoms. The smallest absolute Gasteiger partial charge is 0.211 e. The molecular weight excluding hydrogens is 402 g/mol. The first-order valence-corrected chi connectivity index (χ1v) is 12.7. The Morgan fingerprint density at radius 1 is 0.515 bits per heavy atom. The van der Waals surface area contributed by atoms with Crippen LogP contribution in [0.3, 0.4) is 0 Å². The quantitative estimate of drug-likeness (QED) is 0.0936. The molecule has 0 spiro atoms. The van der Waals surface area contributed by atoms with Crippen LogP contribution in [-0.4, -0.2) is 12.6 Å². The number of rotatable bonds is 17. The van der Waals surface area contributed by atoms with E-state index in [1.54, 1.807) is 6.08 Å². The number of unbranched alkanes of at least 4 members (excludes halogenated alkanes) is 1. The van der Waals surface area contributed by atoms with E-state index < -0.39 is 0 Å². The number of hydrogen-bond acceptors (Lipinski definition) is 2. The lowest BCUT2D eigenvalue weighted by atomic mass is 10.0. The van der Waals surface area contributed by atoms with E-state index in [0.717, 1.165) is 56.9 Å². The van der Waals surface area contributed by atoms with Crippen LogP contribution >= 0.6 is 0 Å². The molecule has 0 radical (unpaired) electrons. The minimum atomic E-state index is 0.471. The van der Waals surface area contributed by atoms with E-state index in [9.17, 15) is 4.79 Å². The summed E-state index contributed by atoms with van der Waals surface area (Å²) < 4.78 is 0. The summed E-state index contributed by atoms with van der Waals surface area (Å²) in [7, 11) is 0. The fourth-order valence-corrected chi connectivity index (χ4v) is 3.52. The van der Waals surface area contributed by atoms with Crippen LogP contribution in [0, 0.1) is 0 Å². The molecule has 0 saturated heterocycles. The summed E-state index contributed by atoms with van der Waals surface area (Å²) >= 11 is 0. The van der Waals surface area contributed by atoms with Gasteiger partial charge in [-0.25, -0.2) is 9.79 Å². The van der Waals surface area contributed by atoms with Crippen molar-refractivity contribution >= 4 is 6.08 Å². The molecule has 2 heteroatoms. The number of isocyanates is 1. The van der Waals surface area contributed by atoms with Crippen molar-refractivity contribution in [2.45, 2.75) is 113 Å². The van der Waals surface area contributed by atoms with E-state index in [1.807, 2.05) is 6.92 Å². The van der Waals surface area contributed by atoms with Crippen molar-refractivity contribution in [3.63, 3.8) is 0 Å². The first kappa shape index (κ1) is 30.8. The van der Waals surface area contributed by atoms with Crippen LogP contribution in [0.5, 0.6) is 0 Å². The lowest BCUT2D eigenvalue weighted by molar-refractivity contribution is 0.563. The summed E-state index contributed by atoms with van der Waals surface area (Å²) in [6.07, 6.45) is 27.0. The average Bonchev–Trinajstić information content (AvgIpc) is 2.75. The number of carbonyl (C=O) groups excluding carboxylic acids is 1. The summed E-state index contributed by atoms with van der Waals surface area (Å²) in [5.74, 6) is 0. The second-order valence-corrected chi connectivity index (χ2v) is 9.67. The first-order chi connectivity index (χ1) is 15.7. The Morgan fingerprint density at radius 2 is 0.848 bits per heavy atom. The Kier molecular flexibility index (Phi) is 19.1. The largest absolute Gasteiger partial charge is 0.235 e. The molecular formula is C31H49NO. The maximum absolute atomic E-state index is 10.1. The lowest BCUT2D eigenvalue weighted by Gasteiger charge is -2.03. The lowest BCUT2D eigenvalue weighted by Crippen LogP contribution is -1.84. The van der Waals surface area contributed by atoms with E-state index in [0.29, 0.717) is 6.54 Å². The fraction of sp³-hybridized carbons (Fsp3) is 0.581. The summed E-state index contributed by atoms with van der Waals surface area (Å²) in [6.45, 7) is 15.8. The molecule has 0 fully saturated rings. The van der Waals surface area contributed by atoms with E-state index in [2.05, 4.69) is 83.0 Å². The number of allylic oxidation sites excluding steroid dienone is 11. The van der Waals surface area contributed by atoms with E-state index >= 15 is 0 Å². The third-order valence-electron chi connectivity index (χ3n) is 5.73. The van der Waals surface area contributed by atoms with Crippen LogP contribution in [0.4, 0.5) is 0 Å². The molecule has 0 bridgehead atoms. The van der Waals surface area contributed by atoms with Gasteiger partial charge >= 0.3 is 0 Å². The van der Waals surface area contributed by atoms with Crippen LogP contribution in [0.25, 0.3) is 0 Å². The number of hydrogen-bond donors (Lipinski definition) is 0. The van der Waals surface area contributed by atoms with Gasteiger partial charge in [0.1, 0.15) is 0 Å².